The third kappa shape index (κ3) is 3.88. The number of aromatic nitrogens is 3. The van der Waals surface area contributed by atoms with E-state index in [4.69, 9.17) is 21.1 Å². The number of benzene rings is 2. The molecule has 1 aliphatic rings. The summed E-state index contributed by atoms with van der Waals surface area (Å²) < 4.78 is 37.6. The molecule has 0 fully saturated rings. The van der Waals surface area contributed by atoms with Crippen LogP contribution in [0.15, 0.2) is 54.9 Å². The second-order valence-corrected chi connectivity index (χ2v) is 6.58. The van der Waals surface area contributed by atoms with E-state index in [1.54, 1.807) is 35.0 Å². The van der Waals surface area contributed by atoms with Gasteiger partial charge in [-0.25, -0.2) is 4.68 Å². The molecule has 29 heavy (non-hydrogen) atoms. The van der Waals surface area contributed by atoms with Crippen molar-refractivity contribution < 1.29 is 18.3 Å². The first-order valence-corrected chi connectivity index (χ1v) is 9.29. The van der Waals surface area contributed by atoms with E-state index in [1.165, 1.54) is 12.4 Å². The van der Waals surface area contributed by atoms with E-state index in [2.05, 4.69) is 15.4 Å². The molecule has 3 aromatic rings. The summed E-state index contributed by atoms with van der Waals surface area (Å²) in [5.74, 6) is 1.14. The molecule has 1 atom stereocenters. The maximum absolute atomic E-state index is 12.9. The zero-order chi connectivity index (χ0) is 20.4. The number of hydrogen-bond acceptors (Lipinski definition) is 5. The number of rotatable bonds is 6. The standard InChI is InChI=1S/C20H17ClF2N4O2/c1-2-28-18-8-7-12(9-14(18)21)15-10-16(27-20(26-15)24-11-25-27)13-5-3-4-6-17(13)29-19(22)23/h3-11,16,19H,2H2,1H3,(H,24,25,26)/t16-/m1/s1. The minimum absolute atomic E-state index is 0.0798. The topological polar surface area (TPSA) is 61.2 Å². The van der Waals surface area contributed by atoms with E-state index < -0.39 is 12.7 Å². The monoisotopic (exact) mass is 418 g/mol. The first-order chi connectivity index (χ1) is 14.1. The Morgan fingerprint density at radius 1 is 1.21 bits per heavy atom. The van der Waals surface area contributed by atoms with Crippen LogP contribution in [0.5, 0.6) is 11.5 Å². The maximum Gasteiger partial charge on any atom is 0.387 e. The lowest BCUT2D eigenvalue weighted by atomic mass is 10.0. The normalized spacial score (nSPS) is 15.5. The van der Waals surface area contributed by atoms with Crippen molar-refractivity contribution in [3.05, 3.63) is 71.0 Å². The fourth-order valence-electron chi connectivity index (χ4n) is 3.19. The first-order valence-electron chi connectivity index (χ1n) is 8.91. The van der Waals surface area contributed by atoms with Gasteiger partial charge in [-0.1, -0.05) is 29.8 Å². The van der Waals surface area contributed by atoms with E-state index in [9.17, 15) is 8.78 Å². The highest BCUT2D eigenvalue weighted by Gasteiger charge is 2.26. The van der Waals surface area contributed by atoms with Crippen molar-refractivity contribution in [3.63, 3.8) is 0 Å². The molecule has 1 aliphatic heterocycles. The molecule has 0 spiro atoms. The minimum Gasteiger partial charge on any atom is -0.492 e. The Morgan fingerprint density at radius 3 is 2.79 bits per heavy atom. The summed E-state index contributed by atoms with van der Waals surface area (Å²) in [5, 5.41) is 7.89. The number of ether oxygens (including phenoxy) is 2. The molecule has 6 nitrogen and oxygen atoms in total. The second-order valence-electron chi connectivity index (χ2n) is 6.17. The Morgan fingerprint density at radius 2 is 2.03 bits per heavy atom. The van der Waals surface area contributed by atoms with Crippen LogP contribution in [0.3, 0.4) is 0 Å². The molecular weight excluding hydrogens is 402 g/mol. The summed E-state index contributed by atoms with van der Waals surface area (Å²) in [7, 11) is 0. The molecule has 0 radical (unpaired) electrons. The molecule has 9 heteroatoms. The summed E-state index contributed by atoms with van der Waals surface area (Å²) in [6, 6.07) is 11.5. The highest BCUT2D eigenvalue weighted by molar-refractivity contribution is 6.32. The summed E-state index contributed by atoms with van der Waals surface area (Å²) in [6.45, 7) is -0.542. The van der Waals surface area contributed by atoms with Crippen molar-refractivity contribution in [2.24, 2.45) is 0 Å². The van der Waals surface area contributed by atoms with E-state index in [0.717, 1.165) is 5.56 Å². The molecule has 0 amide bonds. The van der Waals surface area contributed by atoms with Crippen molar-refractivity contribution in [2.75, 3.05) is 11.9 Å². The largest absolute Gasteiger partial charge is 0.492 e. The van der Waals surface area contributed by atoms with E-state index in [-0.39, 0.29) is 5.75 Å². The van der Waals surface area contributed by atoms with Crippen molar-refractivity contribution in [2.45, 2.75) is 19.6 Å². The predicted octanol–water partition coefficient (Wildman–Crippen LogP) is 4.99. The Balaban J connectivity index is 1.77. The summed E-state index contributed by atoms with van der Waals surface area (Å²) in [5.41, 5.74) is 2.05. The van der Waals surface area contributed by atoms with Gasteiger partial charge in [-0.3, -0.25) is 0 Å². The van der Waals surface area contributed by atoms with Crippen LogP contribution >= 0.6 is 11.6 Å². The number of anilines is 1. The van der Waals surface area contributed by atoms with Crippen LogP contribution in [0, 0.1) is 0 Å². The average Bonchev–Trinajstić information content (AvgIpc) is 3.18. The van der Waals surface area contributed by atoms with Gasteiger partial charge in [0, 0.05) is 11.3 Å². The molecule has 1 aromatic heterocycles. The number of fused-ring (bicyclic) bond motifs is 1. The quantitative estimate of drug-likeness (QED) is 0.611. The highest BCUT2D eigenvalue weighted by Crippen LogP contribution is 2.37. The number of nitrogens with zero attached hydrogens (tertiary/aromatic N) is 3. The zero-order valence-electron chi connectivity index (χ0n) is 15.3. The molecule has 2 aromatic carbocycles. The predicted molar refractivity (Wildman–Crippen MR) is 105 cm³/mol. The van der Waals surface area contributed by atoms with Gasteiger partial charge in [0.1, 0.15) is 23.9 Å². The number of alkyl halides is 2. The van der Waals surface area contributed by atoms with Crippen LogP contribution in [-0.2, 0) is 0 Å². The maximum atomic E-state index is 12.9. The first kappa shape index (κ1) is 19.2. The third-order valence-electron chi connectivity index (χ3n) is 4.40. The van der Waals surface area contributed by atoms with E-state index in [0.29, 0.717) is 34.6 Å². The average molecular weight is 419 g/mol. The van der Waals surface area contributed by atoms with Crippen LogP contribution in [0.4, 0.5) is 14.7 Å². The fraction of sp³-hybridized carbons (Fsp3) is 0.200. The molecular formula is C20H17ClF2N4O2. The molecule has 0 unspecified atom stereocenters. The number of halogens is 3. The van der Waals surface area contributed by atoms with Crippen molar-refractivity contribution in [3.8, 4) is 11.5 Å². The molecule has 0 saturated carbocycles. The van der Waals surface area contributed by atoms with Crippen LogP contribution in [0.1, 0.15) is 24.1 Å². The lowest BCUT2D eigenvalue weighted by Gasteiger charge is -2.26. The van der Waals surface area contributed by atoms with Crippen molar-refractivity contribution >= 4 is 23.2 Å². The summed E-state index contributed by atoms with van der Waals surface area (Å²) in [6.07, 6.45) is 3.26. The smallest absolute Gasteiger partial charge is 0.387 e. The zero-order valence-corrected chi connectivity index (χ0v) is 16.1. The highest BCUT2D eigenvalue weighted by atomic mass is 35.5. The van der Waals surface area contributed by atoms with Gasteiger partial charge in [0.25, 0.3) is 0 Å². The van der Waals surface area contributed by atoms with E-state index >= 15 is 0 Å². The van der Waals surface area contributed by atoms with Gasteiger partial charge < -0.3 is 14.8 Å². The van der Waals surface area contributed by atoms with Gasteiger partial charge in [-0.05, 0) is 42.8 Å². The van der Waals surface area contributed by atoms with Gasteiger partial charge in [0.05, 0.1) is 11.6 Å². The lowest BCUT2D eigenvalue weighted by Crippen LogP contribution is -2.21. The van der Waals surface area contributed by atoms with Gasteiger partial charge >= 0.3 is 6.61 Å². The third-order valence-corrected chi connectivity index (χ3v) is 4.70. The van der Waals surface area contributed by atoms with Crippen LogP contribution in [0.25, 0.3) is 5.70 Å². The van der Waals surface area contributed by atoms with Crippen molar-refractivity contribution in [1.82, 2.24) is 14.8 Å². The molecule has 4 rings (SSSR count). The summed E-state index contributed by atoms with van der Waals surface area (Å²) in [4.78, 5) is 4.22. The molecule has 150 valence electrons. The molecule has 0 saturated heterocycles. The molecule has 0 aliphatic carbocycles. The number of allylic oxidation sites excluding steroid dienone is 1. The number of para-hydroxylation sites is 1. The SMILES string of the molecule is CCOc1ccc(C2=C[C@H](c3ccccc3OC(F)F)n3ncnc3N2)cc1Cl. The van der Waals surface area contributed by atoms with Gasteiger partial charge in [-0.2, -0.15) is 18.9 Å². The Labute approximate surface area is 170 Å². The number of hydrogen-bond donors (Lipinski definition) is 1. The Hall–Kier alpha value is -3.13. The lowest BCUT2D eigenvalue weighted by molar-refractivity contribution is -0.0506. The van der Waals surface area contributed by atoms with Crippen molar-refractivity contribution in [1.29, 1.82) is 0 Å². The van der Waals surface area contributed by atoms with Gasteiger partial charge in [0.15, 0.2) is 0 Å². The van der Waals surface area contributed by atoms with E-state index in [1.807, 2.05) is 19.1 Å². The summed E-state index contributed by atoms with van der Waals surface area (Å²) >= 11 is 6.33. The van der Waals surface area contributed by atoms with Gasteiger partial charge in [0.2, 0.25) is 5.95 Å². The van der Waals surface area contributed by atoms with Crippen LogP contribution in [0.2, 0.25) is 5.02 Å². The molecule has 2 heterocycles. The number of nitrogens with one attached hydrogen (secondary N) is 1. The minimum atomic E-state index is -2.93. The van der Waals surface area contributed by atoms with Crippen LogP contribution < -0.4 is 14.8 Å². The fourth-order valence-corrected chi connectivity index (χ4v) is 3.43. The van der Waals surface area contributed by atoms with Crippen LogP contribution in [-0.4, -0.2) is 28.0 Å². The Kier molecular flexibility index (Phi) is 5.35. The Bertz CT molecular complexity index is 1050. The molecule has 0 bridgehead atoms. The molecule has 1 N–H and O–H groups in total. The van der Waals surface area contributed by atoms with Gasteiger partial charge in [-0.15, -0.1) is 0 Å². The second kappa shape index (κ2) is 8.08.